The maximum absolute atomic E-state index is 9.81. The summed E-state index contributed by atoms with van der Waals surface area (Å²) in [7, 11) is 1.62. The lowest BCUT2D eigenvalue weighted by Gasteiger charge is -2.13. The number of aliphatic hydroxyl groups excluding tert-OH is 1. The molecule has 1 aliphatic rings. The Morgan fingerprint density at radius 3 is 2.62 bits per heavy atom. The van der Waals surface area contributed by atoms with Gasteiger partial charge >= 0.3 is 0 Å². The predicted molar refractivity (Wildman–Crippen MR) is 80.9 cm³/mol. The molecule has 0 saturated heterocycles. The average Bonchev–Trinajstić information content (AvgIpc) is 3.33. The van der Waals surface area contributed by atoms with E-state index in [0.717, 1.165) is 30.6 Å². The summed E-state index contributed by atoms with van der Waals surface area (Å²) in [6.45, 7) is 3.10. The van der Waals surface area contributed by atoms with E-state index in [0.29, 0.717) is 13.2 Å². The van der Waals surface area contributed by atoms with Crippen LogP contribution in [0.3, 0.4) is 0 Å². The first-order valence-electron chi connectivity index (χ1n) is 7.51. The molecule has 1 atom stereocenters. The molecule has 0 bridgehead atoms. The van der Waals surface area contributed by atoms with E-state index in [1.165, 1.54) is 12.8 Å². The van der Waals surface area contributed by atoms with Crippen molar-refractivity contribution in [1.82, 2.24) is 5.32 Å². The van der Waals surface area contributed by atoms with Crippen LogP contribution in [0.25, 0.3) is 0 Å². The van der Waals surface area contributed by atoms with Crippen molar-refractivity contribution >= 4 is 0 Å². The summed E-state index contributed by atoms with van der Waals surface area (Å²) in [6, 6.07) is 7.31. The van der Waals surface area contributed by atoms with Gasteiger partial charge in [-0.15, -0.1) is 0 Å². The monoisotopic (exact) mass is 295 g/mol. The largest absolute Gasteiger partial charge is 0.497 e. The smallest absolute Gasteiger partial charge is 0.119 e. The quantitative estimate of drug-likeness (QED) is 0.605. The number of hydrogen-bond acceptors (Lipinski definition) is 5. The molecule has 5 heteroatoms. The highest BCUT2D eigenvalue weighted by Gasteiger charge is 2.20. The van der Waals surface area contributed by atoms with E-state index in [4.69, 9.17) is 14.2 Å². The first-order chi connectivity index (χ1) is 10.3. The van der Waals surface area contributed by atoms with Crippen LogP contribution in [-0.4, -0.2) is 51.2 Å². The van der Waals surface area contributed by atoms with Crippen molar-refractivity contribution in [1.29, 1.82) is 0 Å². The fourth-order valence-corrected chi connectivity index (χ4v) is 1.87. The molecular weight excluding hydrogens is 270 g/mol. The van der Waals surface area contributed by atoms with Crippen molar-refractivity contribution < 1.29 is 19.3 Å². The van der Waals surface area contributed by atoms with E-state index in [9.17, 15) is 5.11 Å². The van der Waals surface area contributed by atoms with Gasteiger partial charge in [0.1, 0.15) is 24.2 Å². The summed E-state index contributed by atoms with van der Waals surface area (Å²) in [6.07, 6.45) is 2.10. The van der Waals surface area contributed by atoms with Crippen LogP contribution in [0.4, 0.5) is 0 Å². The van der Waals surface area contributed by atoms with Crippen LogP contribution >= 0.6 is 0 Å². The Morgan fingerprint density at radius 2 is 1.95 bits per heavy atom. The van der Waals surface area contributed by atoms with Crippen LogP contribution < -0.4 is 14.8 Å². The van der Waals surface area contributed by atoms with E-state index in [1.807, 2.05) is 24.3 Å². The van der Waals surface area contributed by atoms with E-state index in [2.05, 4.69) is 5.32 Å². The number of rotatable bonds is 11. The topological polar surface area (TPSA) is 60.0 Å². The van der Waals surface area contributed by atoms with Gasteiger partial charge in [-0.2, -0.15) is 0 Å². The Labute approximate surface area is 126 Å². The van der Waals surface area contributed by atoms with Crippen LogP contribution in [0, 0.1) is 5.92 Å². The molecule has 1 aliphatic carbocycles. The Hall–Kier alpha value is -1.30. The SMILES string of the molecule is COc1ccc(OCC(O)CNCCOCC2CC2)cc1. The molecule has 1 unspecified atom stereocenters. The molecule has 2 N–H and O–H groups in total. The number of hydrogen-bond donors (Lipinski definition) is 2. The Kier molecular flexibility index (Phi) is 6.79. The van der Waals surface area contributed by atoms with E-state index < -0.39 is 6.10 Å². The minimum atomic E-state index is -0.532. The maximum Gasteiger partial charge on any atom is 0.119 e. The molecule has 2 rings (SSSR count). The number of nitrogens with one attached hydrogen (secondary N) is 1. The van der Waals surface area contributed by atoms with Gasteiger partial charge in [-0.25, -0.2) is 0 Å². The number of aliphatic hydroxyl groups is 1. The molecule has 0 amide bonds. The third-order valence-corrected chi connectivity index (χ3v) is 3.36. The molecule has 1 saturated carbocycles. The molecule has 0 spiro atoms. The minimum absolute atomic E-state index is 0.266. The van der Waals surface area contributed by atoms with Crippen LogP contribution in [0.1, 0.15) is 12.8 Å². The molecule has 118 valence electrons. The van der Waals surface area contributed by atoms with E-state index >= 15 is 0 Å². The summed E-state index contributed by atoms with van der Waals surface area (Å²) < 4.78 is 16.1. The zero-order chi connectivity index (χ0) is 14.9. The van der Waals surface area contributed by atoms with Gasteiger partial charge in [0.25, 0.3) is 0 Å². The van der Waals surface area contributed by atoms with Gasteiger partial charge in [-0.1, -0.05) is 0 Å². The summed E-state index contributed by atoms with van der Waals surface area (Å²) in [4.78, 5) is 0. The van der Waals surface area contributed by atoms with Gasteiger partial charge in [0.2, 0.25) is 0 Å². The third-order valence-electron chi connectivity index (χ3n) is 3.36. The van der Waals surface area contributed by atoms with Crippen molar-refractivity contribution in [3.63, 3.8) is 0 Å². The van der Waals surface area contributed by atoms with Crippen molar-refractivity contribution in [3.05, 3.63) is 24.3 Å². The standard InChI is InChI=1S/C16H25NO4/c1-19-15-4-6-16(7-5-15)21-12-14(18)10-17-8-9-20-11-13-2-3-13/h4-7,13-14,17-18H,2-3,8-12H2,1H3. The summed E-state index contributed by atoms with van der Waals surface area (Å²) in [5, 5.41) is 13.0. The minimum Gasteiger partial charge on any atom is -0.497 e. The molecule has 1 aromatic carbocycles. The normalized spacial score (nSPS) is 15.7. The molecule has 21 heavy (non-hydrogen) atoms. The fourth-order valence-electron chi connectivity index (χ4n) is 1.87. The van der Waals surface area contributed by atoms with Crippen molar-refractivity contribution in [2.45, 2.75) is 18.9 Å². The lowest BCUT2D eigenvalue weighted by molar-refractivity contribution is 0.0967. The lowest BCUT2D eigenvalue weighted by Crippen LogP contribution is -2.33. The van der Waals surface area contributed by atoms with Gasteiger partial charge < -0.3 is 24.6 Å². The van der Waals surface area contributed by atoms with Crippen LogP contribution in [0.2, 0.25) is 0 Å². The van der Waals surface area contributed by atoms with Crippen molar-refractivity contribution in [3.8, 4) is 11.5 Å². The highest BCUT2D eigenvalue weighted by molar-refractivity contribution is 5.31. The molecule has 0 aliphatic heterocycles. The third kappa shape index (κ3) is 6.80. The van der Waals surface area contributed by atoms with Crippen LogP contribution in [0.5, 0.6) is 11.5 Å². The number of benzene rings is 1. The first kappa shape index (κ1) is 16.1. The zero-order valence-corrected chi connectivity index (χ0v) is 12.6. The van der Waals surface area contributed by atoms with Gasteiger partial charge in [-0.3, -0.25) is 0 Å². The van der Waals surface area contributed by atoms with E-state index in [-0.39, 0.29) is 6.61 Å². The van der Waals surface area contributed by atoms with Crippen LogP contribution in [0.15, 0.2) is 24.3 Å². The Morgan fingerprint density at radius 1 is 1.24 bits per heavy atom. The van der Waals surface area contributed by atoms with Gasteiger partial charge in [0.05, 0.1) is 13.7 Å². The molecule has 1 fully saturated rings. The second kappa shape index (κ2) is 8.87. The zero-order valence-electron chi connectivity index (χ0n) is 12.6. The molecular formula is C16H25NO4. The Bertz CT molecular complexity index is 392. The molecule has 5 nitrogen and oxygen atoms in total. The fraction of sp³-hybridized carbons (Fsp3) is 0.625. The second-order valence-corrected chi connectivity index (χ2v) is 5.36. The summed E-state index contributed by atoms with van der Waals surface area (Å²) in [5.41, 5.74) is 0. The lowest BCUT2D eigenvalue weighted by atomic mass is 10.3. The second-order valence-electron chi connectivity index (χ2n) is 5.36. The predicted octanol–water partition coefficient (Wildman–Crippen LogP) is 1.45. The molecule has 0 radical (unpaired) electrons. The average molecular weight is 295 g/mol. The van der Waals surface area contributed by atoms with E-state index in [1.54, 1.807) is 7.11 Å². The molecule has 1 aromatic rings. The maximum atomic E-state index is 9.81. The summed E-state index contributed by atoms with van der Waals surface area (Å²) >= 11 is 0. The number of methoxy groups -OCH3 is 1. The van der Waals surface area contributed by atoms with Gasteiger partial charge in [0, 0.05) is 19.7 Å². The van der Waals surface area contributed by atoms with Crippen molar-refractivity contribution in [2.24, 2.45) is 5.92 Å². The van der Waals surface area contributed by atoms with Crippen LogP contribution in [-0.2, 0) is 4.74 Å². The number of ether oxygens (including phenoxy) is 3. The molecule has 0 heterocycles. The van der Waals surface area contributed by atoms with Crippen molar-refractivity contribution in [2.75, 3.05) is 40.0 Å². The molecule has 0 aromatic heterocycles. The Balaban J connectivity index is 1.48. The van der Waals surface area contributed by atoms with Gasteiger partial charge in [0.15, 0.2) is 0 Å². The first-order valence-corrected chi connectivity index (χ1v) is 7.51. The summed E-state index contributed by atoms with van der Waals surface area (Å²) in [5.74, 6) is 2.31. The van der Waals surface area contributed by atoms with Gasteiger partial charge in [-0.05, 0) is 43.0 Å². The highest BCUT2D eigenvalue weighted by Crippen LogP contribution is 2.28. The highest BCUT2D eigenvalue weighted by atomic mass is 16.5.